The summed E-state index contributed by atoms with van der Waals surface area (Å²) in [4.78, 5) is 12.1. The number of rotatable bonds is 8. The first-order valence-corrected chi connectivity index (χ1v) is 10.3. The summed E-state index contributed by atoms with van der Waals surface area (Å²) in [5.41, 5.74) is 2.01. The summed E-state index contributed by atoms with van der Waals surface area (Å²) >= 11 is 1.39. The van der Waals surface area contributed by atoms with E-state index in [1.807, 2.05) is 66.1 Å². The van der Waals surface area contributed by atoms with Gasteiger partial charge in [0.25, 0.3) is 0 Å². The molecule has 1 N–H and O–H groups in total. The van der Waals surface area contributed by atoms with Gasteiger partial charge < -0.3 is 10.1 Å². The molecule has 1 amide bonds. The third-order valence-corrected chi connectivity index (χ3v) is 5.37. The number of ether oxygens (including phenoxy) is 1. The van der Waals surface area contributed by atoms with E-state index in [1.165, 1.54) is 11.8 Å². The number of carbonyl (C=O) groups is 1. The van der Waals surface area contributed by atoms with E-state index in [1.54, 1.807) is 0 Å². The minimum Gasteiger partial charge on any atom is -0.485 e. The second-order valence-electron chi connectivity index (χ2n) is 6.75. The number of aryl methyl sites for hydroxylation is 1. The molecule has 144 valence electrons. The first-order chi connectivity index (χ1) is 13.7. The minimum absolute atomic E-state index is 0.0350. The highest BCUT2D eigenvalue weighted by Crippen LogP contribution is 2.24. The summed E-state index contributed by atoms with van der Waals surface area (Å²) in [5, 5.41) is 12.3. The number of nitrogens with zero attached hydrogens (tertiary/aromatic N) is 3. The molecule has 0 spiro atoms. The lowest BCUT2D eigenvalue weighted by atomic mass is 10.2. The standard InChI is InChI=1S/C21H22N4O2S/c1-15-7-5-6-10-18(15)27-13-19-23-24-21(25(19)17-8-3-2-4-9-17)28-14-20(26)22-16-11-12-16/h2-10,16H,11-14H2,1H3,(H,22,26). The third kappa shape index (κ3) is 4.54. The van der Waals surface area contributed by atoms with Gasteiger partial charge in [-0.1, -0.05) is 48.2 Å². The molecule has 1 fully saturated rings. The lowest BCUT2D eigenvalue weighted by Crippen LogP contribution is -2.27. The predicted octanol–water partition coefficient (Wildman–Crippen LogP) is 3.53. The minimum atomic E-state index is 0.0350. The molecule has 0 saturated heterocycles. The van der Waals surface area contributed by atoms with E-state index >= 15 is 0 Å². The summed E-state index contributed by atoms with van der Waals surface area (Å²) < 4.78 is 7.92. The zero-order chi connectivity index (χ0) is 19.3. The van der Waals surface area contributed by atoms with Crippen LogP contribution in [0.15, 0.2) is 59.8 Å². The van der Waals surface area contributed by atoms with Crippen LogP contribution in [0.25, 0.3) is 5.69 Å². The summed E-state index contributed by atoms with van der Waals surface area (Å²) in [6.07, 6.45) is 2.16. The topological polar surface area (TPSA) is 69.0 Å². The Labute approximate surface area is 168 Å². The fourth-order valence-corrected chi connectivity index (χ4v) is 3.59. The molecule has 0 radical (unpaired) electrons. The van der Waals surface area contributed by atoms with Gasteiger partial charge in [-0.2, -0.15) is 0 Å². The highest BCUT2D eigenvalue weighted by atomic mass is 32.2. The molecule has 1 aliphatic rings. The fraction of sp³-hybridized carbons (Fsp3) is 0.286. The van der Waals surface area contributed by atoms with Gasteiger partial charge in [0.2, 0.25) is 5.91 Å². The van der Waals surface area contributed by atoms with Crippen LogP contribution in [-0.4, -0.2) is 32.5 Å². The van der Waals surface area contributed by atoms with Crippen LogP contribution in [0.2, 0.25) is 0 Å². The van der Waals surface area contributed by atoms with Crippen LogP contribution in [0.5, 0.6) is 5.75 Å². The Bertz CT molecular complexity index is 954. The third-order valence-electron chi connectivity index (χ3n) is 4.44. The van der Waals surface area contributed by atoms with Gasteiger partial charge in [0, 0.05) is 11.7 Å². The number of thioether (sulfide) groups is 1. The molecule has 28 heavy (non-hydrogen) atoms. The van der Waals surface area contributed by atoms with Gasteiger partial charge in [0.05, 0.1) is 5.75 Å². The smallest absolute Gasteiger partial charge is 0.230 e. The predicted molar refractivity (Wildman–Crippen MR) is 109 cm³/mol. The largest absolute Gasteiger partial charge is 0.485 e. The molecule has 0 unspecified atom stereocenters. The van der Waals surface area contributed by atoms with Gasteiger partial charge in [0.1, 0.15) is 12.4 Å². The number of para-hydroxylation sites is 2. The molecular formula is C21H22N4O2S. The van der Waals surface area contributed by atoms with Gasteiger partial charge in [-0.05, 0) is 43.5 Å². The lowest BCUT2D eigenvalue weighted by molar-refractivity contribution is -0.118. The molecule has 7 heteroatoms. The number of carbonyl (C=O) groups excluding carboxylic acids is 1. The van der Waals surface area contributed by atoms with E-state index in [0.29, 0.717) is 29.4 Å². The highest BCUT2D eigenvalue weighted by Gasteiger charge is 2.24. The fourth-order valence-electron chi connectivity index (χ4n) is 2.81. The van der Waals surface area contributed by atoms with E-state index in [0.717, 1.165) is 29.8 Å². The van der Waals surface area contributed by atoms with Crippen LogP contribution in [-0.2, 0) is 11.4 Å². The van der Waals surface area contributed by atoms with Crippen LogP contribution in [0.4, 0.5) is 0 Å². The monoisotopic (exact) mass is 394 g/mol. The van der Waals surface area contributed by atoms with Crippen molar-refractivity contribution in [3.05, 3.63) is 66.0 Å². The maximum absolute atomic E-state index is 12.1. The average molecular weight is 395 g/mol. The van der Waals surface area contributed by atoms with E-state index in [-0.39, 0.29) is 5.91 Å². The zero-order valence-electron chi connectivity index (χ0n) is 15.7. The molecule has 0 aliphatic heterocycles. The van der Waals surface area contributed by atoms with Crippen molar-refractivity contribution in [1.82, 2.24) is 20.1 Å². The van der Waals surface area contributed by atoms with Crippen LogP contribution >= 0.6 is 11.8 Å². The van der Waals surface area contributed by atoms with E-state index in [9.17, 15) is 4.79 Å². The molecule has 2 aromatic carbocycles. The quantitative estimate of drug-likeness (QED) is 0.592. The maximum atomic E-state index is 12.1. The Balaban J connectivity index is 1.53. The van der Waals surface area contributed by atoms with Crippen molar-refractivity contribution in [2.75, 3.05) is 5.75 Å². The van der Waals surface area contributed by atoms with Crippen molar-refractivity contribution in [3.63, 3.8) is 0 Å². The zero-order valence-corrected chi connectivity index (χ0v) is 16.5. The number of hydrogen-bond acceptors (Lipinski definition) is 5. The number of amides is 1. The Hall–Kier alpha value is -2.80. The van der Waals surface area contributed by atoms with Gasteiger partial charge in [0.15, 0.2) is 11.0 Å². The molecular weight excluding hydrogens is 372 g/mol. The van der Waals surface area contributed by atoms with Gasteiger partial charge >= 0.3 is 0 Å². The molecule has 6 nitrogen and oxygen atoms in total. The van der Waals surface area contributed by atoms with Crippen LogP contribution < -0.4 is 10.1 Å². The Morgan fingerprint density at radius 2 is 1.89 bits per heavy atom. The van der Waals surface area contributed by atoms with Gasteiger partial charge in [-0.15, -0.1) is 10.2 Å². The van der Waals surface area contributed by atoms with Gasteiger partial charge in [-0.25, -0.2) is 0 Å². The Morgan fingerprint density at radius 1 is 1.14 bits per heavy atom. The van der Waals surface area contributed by atoms with Crippen molar-refractivity contribution in [2.45, 2.75) is 37.6 Å². The molecule has 3 aromatic rings. The first-order valence-electron chi connectivity index (χ1n) is 9.31. The van der Waals surface area contributed by atoms with Crippen molar-refractivity contribution < 1.29 is 9.53 Å². The lowest BCUT2D eigenvalue weighted by Gasteiger charge is -2.12. The summed E-state index contributed by atoms with van der Waals surface area (Å²) in [5.74, 6) is 1.87. The number of benzene rings is 2. The van der Waals surface area contributed by atoms with Crippen molar-refractivity contribution in [2.24, 2.45) is 0 Å². The van der Waals surface area contributed by atoms with Crippen molar-refractivity contribution >= 4 is 17.7 Å². The highest BCUT2D eigenvalue weighted by molar-refractivity contribution is 7.99. The molecule has 1 aliphatic carbocycles. The molecule has 4 rings (SSSR count). The summed E-state index contributed by atoms with van der Waals surface area (Å²) in [6, 6.07) is 18.1. The Kier molecular flexibility index (Phi) is 5.62. The van der Waals surface area contributed by atoms with Crippen LogP contribution in [0, 0.1) is 6.92 Å². The van der Waals surface area contributed by atoms with Gasteiger partial charge in [-0.3, -0.25) is 9.36 Å². The molecule has 1 aromatic heterocycles. The molecule has 1 saturated carbocycles. The van der Waals surface area contributed by atoms with E-state index in [4.69, 9.17) is 4.74 Å². The average Bonchev–Trinajstić information content (AvgIpc) is 3.43. The Morgan fingerprint density at radius 3 is 2.64 bits per heavy atom. The number of nitrogens with one attached hydrogen (secondary N) is 1. The number of hydrogen-bond donors (Lipinski definition) is 1. The number of aromatic nitrogens is 3. The molecule has 0 bridgehead atoms. The van der Waals surface area contributed by atoms with E-state index < -0.39 is 0 Å². The van der Waals surface area contributed by atoms with Crippen molar-refractivity contribution in [1.29, 1.82) is 0 Å². The van der Waals surface area contributed by atoms with Crippen LogP contribution in [0.1, 0.15) is 24.2 Å². The molecule has 0 atom stereocenters. The summed E-state index contributed by atoms with van der Waals surface area (Å²) in [7, 11) is 0. The van der Waals surface area contributed by atoms with Crippen molar-refractivity contribution in [3.8, 4) is 11.4 Å². The maximum Gasteiger partial charge on any atom is 0.230 e. The van der Waals surface area contributed by atoms with Crippen LogP contribution in [0.3, 0.4) is 0 Å². The normalized spacial score (nSPS) is 13.3. The second kappa shape index (κ2) is 8.48. The summed E-state index contributed by atoms with van der Waals surface area (Å²) in [6.45, 7) is 2.30. The SMILES string of the molecule is Cc1ccccc1OCc1nnc(SCC(=O)NC2CC2)n1-c1ccccc1. The second-order valence-corrected chi connectivity index (χ2v) is 7.70. The first kappa shape index (κ1) is 18.6. The molecule has 1 heterocycles. The van der Waals surface area contributed by atoms with E-state index in [2.05, 4.69) is 15.5 Å².